The highest BCUT2D eigenvalue weighted by Gasteiger charge is 2.22. The normalized spacial score (nSPS) is 16.0. The van der Waals surface area contributed by atoms with E-state index < -0.39 is 0 Å². The van der Waals surface area contributed by atoms with Gasteiger partial charge in [0.05, 0.1) is 11.1 Å². The maximum atomic E-state index is 11.3. The van der Waals surface area contributed by atoms with Gasteiger partial charge in [-0.25, -0.2) is 0 Å². The van der Waals surface area contributed by atoms with Crippen LogP contribution in [-0.2, 0) is 0 Å². The molecule has 1 saturated heterocycles. The van der Waals surface area contributed by atoms with Gasteiger partial charge < -0.3 is 15.5 Å². The number of hydrazone groups is 1. The molecule has 3 N–H and O–H groups in total. The van der Waals surface area contributed by atoms with E-state index in [1.54, 1.807) is 12.1 Å². The largest absolute Gasteiger partial charge is 0.375 e. The van der Waals surface area contributed by atoms with Crippen LogP contribution >= 0.6 is 12.2 Å². The van der Waals surface area contributed by atoms with Crippen LogP contribution in [0.3, 0.4) is 0 Å². The smallest absolute Gasteiger partial charge is 0.293 e. The molecule has 0 bridgehead atoms. The maximum absolute atomic E-state index is 11.3. The van der Waals surface area contributed by atoms with Crippen molar-refractivity contribution >= 4 is 34.9 Å². The Morgan fingerprint density at radius 2 is 2.14 bits per heavy atom. The molecule has 118 valence electrons. The Balaban J connectivity index is 2.22. The second-order valence-corrected chi connectivity index (χ2v) is 5.47. The van der Waals surface area contributed by atoms with Crippen molar-refractivity contribution in [3.8, 4) is 0 Å². The lowest BCUT2D eigenvalue weighted by atomic mass is 10.1. The van der Waals surface area contributed by atoms with E-state index in [9.17, 15) is 10.1 Å². The standard InChI is InChI=1S/C13H18N6O2S/c1-17-4-6-18(7-5-17)11-3-2-10(8-12(11)19(20)21)9-15-16-13(14)22/h2-3,8-9H,4-7H2,1H3,(H3,14,16,22)/b15-9+. The summed E-state index contributed by atoms with van der Waals surface area (Å²) in [5.74, 6) is 0. The topological polar surface area (TPSA) is 100 Å². The van der Waals surface area contributed by atoms with Crippen LogP contribution < -0.4 is 16.1 Å². The van der Waals surface area contributed by atoms with Gasteiger partial charge in [0.2, 0.25) is 0 Å². The summed E-state index contributed by atoms with van der Waals surface area (Å²) in [5.41, 5.74) is 8.99. The van der Waals surface area contributed by atoms with Crippen molar-refractivity contribution in [3.63, 3.8) is 0 Å². The summed E-state index contributed by atoms with van der Waals surface area (Å²) in [6.45, 7) is 3.32. The number of nitro groups is 1. The molecule has 0 amide bonds. The Kier molecular flexibility index (Phi) is 5.23. The molecule has 1 fully saturated rings. The lowest BCUT2D eigenvalue weighted by Crippen LogP contribution is -2.44. The van der Waals surface area contributed by atoms with Gasteiger partial charge >= 0.3 is 0 Å². The third-order valence-corrected chi connectivity index (χ3v) is 3.52. The molecule has 0 saturated carbocycles. The zero-order valence-corrected chi connectivity index (χ0v) is 13.0. The summed E-state index contributed by atoms with van der Waals surface area (Å²) < 4.78 is 0. The number of hydrogen-bond acceptors (Lipinski definition) is 6. The molecule has 1 aromatic carbocycles. The molecule has 0 atom stereocenters. The van der Waals surface area contributed by atoms with E-state index in [1.165, 1.54) is 12.3 Å². The summed E-state index contributed by atoms with van der Waals surface area (Å²) in [6, 6.07) is 5.04. The number of likely N-dealkylation sites (N-methyl/N-ethyl adjacent to an activating group) is 1. The molecule has 1 heterocycles. The quantitative estimate of drug-likeness (QED) is 0.360. The first-order valence-corrected chi connectivity index (χ1v) is 7.18. The second-order valence-electron chi connectivity index (χ2n) is 5.03. The van der Waals surface area contributed by atoms with Crippen LogP contribution in [0.25, 0.3) is 0 Å². The van der Waals surface area contributed by atoms with Gasteiger partial charge in [0.1, 0.15) is 5.69 Å². The predicted octanol–water partition coefficient (Wildman–Crippen LogP) is 0.514. The fourth-order valence-electron chi connectivity index (χ4n) is 2.25. The van der Waals surface area contributed by atoms with Gasteiger partial charge in [0.15, 0.2) is 5.11 Å². The Morgan fingerprint density at radius 3 is 2.73 bits per heavy atom. The number of nitrogens with one attached hydrogen (secondary N) is 1. The van der Waals surface area contributed by atoms with Crippen molar-refractivity contribution < 1.29 is 4.92 Å². The van der Waals surface area contributed by atoms with Crippen molar-refractivity contribution in [1.82, 2.24) is 10.3 Å². The highest BCUT2D eigenvalue weighted by atomic mass is 32.1. The Bertz CT molecular complexity index is 598. The van der Waals surface area contributed by atoms with E-state index in [4.69, 9.17) is 5.73 Å². The number of rotatable bonds is 4. The van der Waals surface area contributed by atoms with Crippen molar-refractivity contribution in [2.24, 2.45) is 10.8 Å². The number of nitrogens with two attached hydrogens (primary N) is 1. The fourth-order valence-corrected chi connectivity index (χ4v) is 2.30. The van der Waals surface area contributed by atoms with Crippen LogP contribution in [0.15, 0.2) is 23.3 Å². The van der Waals surface area contributed by atoms with Gasteiger partial charge in [-0.3, -0.25) is 15.5 Å². The highest BCUT2D eigenvalue weighted by molar-refractivity contribution is 7.80. The molecule has 9 heteroatoms. The van der Waals surface area contributed by atoms with Crippen LogP contribution in [0.5, 0.6) is 0 Å². The second kappa shape index (κ2) is 7.14. The average Bonchev–Trinajstić information content (AvgIpc) is 2.47. The van der Waals surface area contributed by atoms with E-state index in [-0.39, 0.29) is 15.7 Å². The van der Waals surface area contributed by atoms with Gasteiger partial charge in [0, 0.05) is 37.8 Å². The van der Waals surface area contributed by atoms with Crippen molar-refractivity contribution in [3.05, 3.63) is 33.9 Å². The molecule has 1 aliphatic rings. The Labute approximate surface area is 133 Å². The van der Waals surface area contributed by atoms with E-state index in [1.807, 2.05) is 11.9 Å². The van der Waals surface area contributed by atoms with Crippen LogP contribution in [0.4, 0.5) is 11.4 Å². The van der Waals surface area contributed by atoms with Gasteiger partial charge in [-0.05, 0) is 25.3 Å². The van der Waals surface area contributed by atoms with Crippen molar-refractivity contribution in [2.75, 3.05) is 38.1 Å². The first-order valence-electron chi connectivity index (χ1n) is 6.78. The molecule has 0 unspecified atom stereocenters. The van der Waals surface area contributed by atoms with Crippen LogP contribution in [-0.4, -0.2) is 54.4 Å². The Morgan fingerprint density at radius 1 is 1.45 bits per heavy atom. The molecule has 2 rings (SSSR count). The average molecular weight is 322 g/mol. The maximum Gasteiger partial charge on any atom is 0.293 e. The number of piperazine rings is 1. The first-order chi connectivity index (χ1) is 10.5. The number of nitro benzene ring substituents is 1. The third-order valence-electron chi connectivity index (χ3n) is 3.43. The highest BCUT2D eigenvalue weighted by Crippen LogP contribution is 2.29. The van der Waals surface area contributed by atoms with E-state index in [2.05, 4.69) is 27.6 Å². The lowest BCUT2D eigenvalue weighted by molar-refractivity contribution is -0.384. The van der Waals surface area contributed by atoms with Crippen LogP contribution in [0, 0.1) is 10.1 Å². The molecule has 1 aromatic rings. The predicted molar refractivity (Wildman–Crippen MR) is 90.3 cm³/mol. The molecular weight excluding hydrogens is 304 g/mol. The molecular formula is C13H18N6O2S. The number of hydrogen-bond donors (Lipinski definition) is 2. The zero-order chi connectivity index (χ0) is 16.1. The van der Waals surface area contributed by atoms with Gasteiger partial charge in [-0.1, -0.05) is 6.07 Å². The number of thiocarbonyl (C=S) groups is 1. The number of benzene rings is 1. The SMILES string of the molecule is CN1CCN(c2ccc(/C=N/NC(N)=S)cc2[N+](=O)[O-])CC1. The third kappa shape index (κ3) is 4.12. The number of anilines is 1. The molecule has 0 aromatic heterocycles. The monoisotopic (exact) mass is 322 g/mol. The summed E-state index contributed by atoms with van der Waals surface area (Å²) >= 11 is 4.63. The molecule has 0 radical (unpaired) electrons. The molecule has 0 spiro atoms. The summed E-state index contributed by atoms with van der Waals surface area (Å²) in [4.78, 5) is 15.2. The fraction of sp³-hybridized carbons (Fsp3) is 0.385. The minimum atomic E-state index is -0.369. The first kappa shape index (κ1) is 16.1. The summed E-state index contributed by atoms with van der Waals surface area (Å²) in [6.07, 6.45) is 1.44. The molecule has 0 aliphatic carbocycles. The molecule has 8 nitrogen and oxygen atoms in total. The van der Waals surface area contributed by atoms with Gasteiger partial charge in [-0.2, -0.15) is 5.10 Å². The summed E-state index contributed by atoms with van der Waals surface area (Å²) in [5, 5.41) is 15.2. The van der Waals surface area contributed by atoms with E-state index >= 15 is 0 Å². The van der Waals surface area contributed by atoms with Crippen LogP contribution in [0.1, 0.15) is 5.56 Å². The van der Waals surface area contributed by atoms with E-state index in [0.29, 0.717) is 11.3 Å². The minimum Gasteiger partial charge on any atom is -0.375 e. The molecule has 1 aliphatic heterocycles. The van der Waals surface area contributed by atoms with Crippen LogP contribution in [0.2, 0.25) is 0 Å². The zero-order valence-electron chi connectivity index (χ0n) is 12.2. The van der Waals surface area contributed by atoms with Gasteiger partial charge in [-0.15, -0.1) is 0 Å². The van der Waals surface area contributed by atoms with Crippen molar-refractivity contribution in [1.29, 1.82) is 0 Å². The Hall–Kier alpha value is -2.26. The van der Waals surface area contributed by atoms with E-state index in [0.717, 1.165) is 26.2 Å². The number of nitrogens with zero attached hydrogens (tertiary/aromatic N) is 4. The lowest BCUT2D eigenvalue weighted by Gasteiger charge is -2.33. The minimum absolute atomic E-state index is 0.0415. The summed E-state index contributed by atoms with van der Waals surface area (Å²) in [7, 11) is 2.04. The van der Waals surface area contributed by atoms with Gasteiger partial charge in [0.25, 0.3) is 5.69 Å². The molecule has 22 heavy (non-hydrogen) atoms. The van der Waals surface area contributed by atoms with Crippen molar-refractivity contribution in [2.45, 2.75) is 0 Å².